The summed E-state index contributed by atoms with van der Waals surface area (Å²) in [6.45, 7) is -0.267. The third-order valence-electron chi connectivity index (χ3n) is 1.68. The average Bonchev–Trinajstić information content (AvgIpc) is 2.17. The topological polar surface area (TPSA) is 87.0 Å². The molecule has 15 heavy (non-hydrogen) atoms. The van der Waals surface area contributed by atoms with E-state index in [-0.39, 0.29) is 6.61 Å². The molecule has 0 spiro atoms. The first kappa shape index (κ1) is 11.6. The molecule has 0 fully saturated rings. The van der Waals surface area contributed by atoms with E-state index in [2.05, 4.69) is 4.74 Å². The van der Waals surface area contributed by atoms with Crippen LogP contribution in [0.1, 0.15) is 16.8 Å². The quantitative estimate of drug-likeness (QED) is 0.478. The molecule has 0 radical (unpaired) electrons. The molecule has 3 N–H and O–H groups in total. The second kappa shape index (κ2) is 4.88. The summed E-state index contributed by atoms with van der Waals surface area (Å²) in [5.74, 6) is -3.36. The molecule has 0 unspecified atom stereocenters. The summed E-state index contributed by atoms with van der Waals surface area (Å²) in [5, 5.41) is 25.6. The number of hydrogen-bond donors (Lipinski definition) is 3. The molecule has 1 aromatic carbocycles. The van der Waals surface area contributed by atoms with Gasteiger partial charge in [0.05, 0.1) is 18.6 Å². The van der Waals surface area contributed by atoms with Gasteiger partial charge in [-0.2, -0.15) is 0 Å². The van der Waals surface area contributed by atoms with Gasteiger partial charge >= 0.3 is 5.97 Å². The Morgan fingerprint density at radius 2 is 1.80 bits per heavy atom. The van der Waals surface area contributed by atoms with Crippen molar-refractivity contribution in [3.05, 3.63) is 35.9 Å². The number of aliphatic hydroxyl groups is 3. The van der Waals surface area contributed by atoms with E-state index in [4.69, 9.17) is 15.3 Å². The van der Waals surface area contributed by atoms with E-state index in [0.717, 1.165) is 0 Å². The number of esters is 1. The van der Waals surface area contributed by atoms with Gasteiger partial charge in [-0.1, -0.05) is 18.2 Å². The molecule has 0 aliphatic carbocycles. The Balaban J connectivity index is 2.38. The molecule has 0 amide bonds. The van der Waals surface area contributed by atoms with Gasteiger partial charge in [0, 0.05) is 0 Å². The normalized spacial score (nSPS) is 11.1. The van der Waals surface area contributed by atoms with Gasteiger partial charge in [0.2, 0.25) is 0 Å². The van der Waals surface area contributed by atoms with Crippen molar-refractivity contribution in [1.29, 1.82) is 0 Å². The smallest absolute Gasteiger partial charge is 0.338 e. The number of rotatable bonds is 4. The van der Waals surface area contributed by atoms with Crippen LogP contribution in [0.4, 0.5) is 0 Å². The van der Waals surface area contributed by atoms with Crippen LogP contribution >= 0.6 is 0 Å². The maximum absolute atomic E-state index is 11.3. The summed E-state index contributed by atoms with van der Waals surface area (Å²) in [7, 11) is 0. The highest BCUT2D eigenvalue weighted by Crippen LogP contribution is 2.04. The van der Waals surface area contributed by atoms with Crippen LogP contribution in [0.25, 0.3) is 0 Å². The summed E-state index contributed by atoms with van der Waals surface area (Å²) in [6.07, 6.45) is -0.453. The Bertz CT molecular complexity index is 314. The van der Waals surface area contributed by atoms with Crippen LogP contribution in [0.15, 0.2) is 30.3 Å². The summed E-state index contributed by atoms with van der Waals surface area (Å²) >= 11 is 0. The number of carbonyl (C=O) groups excluding carboxylic acids is 1. The SMILES string of the molecule is O=C(OCCC(O)(O)O)c1ccccc1. The van der Waals surface area contributed by atoms with Crippen LogP contribution in [0, 0.1) is 0 Å². The summed E-state index contributed by atoms with van der Waals surface area (Å²) in [4.78, 5) is 11.3. The van der Waals surface area contributed by atoms with Gasteiger partial charge in [-0.25, -0.2) is 4.79 Å². The van der Waals surface area contributed by atoms with E-state index in [1.165, 1.54) is 0 Å². The van der Waals surface area contributed by atoms with Crippen molar-refractivity contribution in [3.63, 3.8) is 0 Å². The van der Waals surface area contributed by atoms with Crippen LogP contribution in [0.2, 0.25) is 0 Å². The standard InChI is InChI=1S/C10H12O5/c11-9(8-4-2-1-3-5-8)15-7-6-10(12,13)14/h1-5,12-14H,6-7H2. The Labute approximate surface area is 86.5 Å². The Kier molecular flexibility index (Phi) is 3.79. The first-order valence-electron chi connectivity index (χ1n) is 4.38. The van der Waals surface area contributed by atoms with E-state index < -0.39 is 18.4 Å². The Morgan fingerprint density at radius 3 is 2.33 bits per heavy atom. The van der Waals surface area contributed by atoms with Crippen molar-refractivity contribution in [2.45, 2.75) is 12.4 Å². The highest BCUT2D eigenvalue weighted by molar-refractivity contribution is 5.89. The van der Waals surface area contributed by atoms with Gasteiger partial charge in [-0.05, 0) is 12.1 Å². The van der Waals surface area contributed by atoms with Gasteiger partial charge in [0.25, 0.3) is 5.97 Å². The molecule has 0 saturated heterocycles. The highest BCUT2D eigenvalue weighted by atomic mass is 16.7. The lowest BCUT2D eigenvalue weighted by Crippen LogP contribution is -2.29. The Morgan fingerprint density at radius 1 is 1.20 bits per heavy atom. The van der Waals surface area contributed by atoms with Gasteiger partial charge in [0.1, 0.15) is 0 Å². The maximum atomic E-state index is 11.3. The fraction of sp³-hybridized carbons (Fsp3) is 0.300. The molecule has 0 heterocycles. The fourth-order valence-corrected chi connectivity index (χ4v) is 0.938. The predicted octanol–water partition coefficient (Wildman–Crippen LogP) is -0.136. The molecule has 5 nitrogen and oxygen atoms in total. The molecule has 0 aromatic heterocycles. The third kappa shape index (κ3) is 4.55. The lowest BCUT2D eigenvalue weighted by Gasteiger charge is -2.13. The van der Waals surface area contributed by atoms with Crippen LogP contribution in [0.5, 0.6) is 0 Å². The van der Waals surface area contributed by atoms with Crippen molar-refractivity contribution < 1.29 is 24.9 Å². The van der Waals surface area contributed by atoms with Crippen LogP contribution in [-0.4, -0.2) is 33.9 Å². The zero-order valence-corrected chi connectivity index (χ0v) is 7.96. The first-order chi connectivity index (χ1) is 6.99. The average molecular weight is 212 g/mol. The third-order valence-corrected chi connectivity index (χ3v) is 1.68. The number of ether oxygens (including phenoxy) is 1. The molecule has 1 rings (SSSR count). The van der Waals surface area contributed by atoms with Crippen LogP contribution in [-0.2, 0) is 4.74 Å². The Hall–Kier alpha value is -1.43. The van der Waals surface area contributed by atoms with E-state index >= 15 is 0 Å². The molecular formula is C10H12O5. The molecule has 5 heteroatoms. The number of carbonyl (C=O) groups is 1. The lowest BCUT2D eigenvalue weighted by molar-refractivity contribution is -0.316. The first-order valence-corrected chi connectivity index (χ1v) is 4.38. The summed E-state index contributed by atoms with van der Waals surface area (Å²) in [6, 6.07) is 8.28. The largest absolute Gasteiger partial charge is 0.462 e. The summed E-state index contributed by atoms with van der Waals surface area (Å²) < 4.78 is 4.69. The minimum Gasteiger partial charge on any atom is -0.462 e. The molecule has 0 saturated carbocycles. The fourth-order valence-electron chi connectivity index (χ4n) is 0.938. The molecule has 82 valence electrons. The zero-order chi connectivity index (χ0) is 11.3. The van der Waals surface area contributed by atoms with Gasteiger partial charge in [0.15, 0.2) is 0 Å². The predicted molar refractivity (Wildman–Crippen MR) is 50.7 cm³/mol. The van der Waals surface area contributed by atoms with Gasteiger partial charge in [-0.15, -0.1) is 0 Å². The molecular weight excluding hydrogens is 200 g/mol. The number of hydrogen-bond acceptors (Lipinski definition) is 5. The van der Waals surface area contributed by atoms with Crippen molar-refractivity contribution in [1.82, 2.24) is 0 Å². The van der Waals surface area contributed by atoms with E-state index in [0.29, 0.717) is 5.56 Å². The number of benzene rings is 1. The van der Waals surface area contributed by atoms with Gasteiger partial charge < -0.3 is 20.1 Å². The van der Waals surface area contributed by atoms with Gasteiger partial charge in [-0.3, -0.25) is 0 Å². The lowest BCUT2D eigenvalue weighted by atomic mass is 10.2. The minimum absolute atomic E-state index is 0.267. The van der Waals surface area contributed by atoms with E-state index in [9.17, 15) is 4.79 Å². The second-order valence-electron chi connectivity index (χ2n) is 3.03. The van der Waals surface area contributed by atoms with E-state index in [1.807, 2.05) is 0 Å². The monoisotopic (exact) mass is 212 g/mol. The molecule has 0 atom stereocenters. The van der Waals surface area contributed by atoms with Crippen LogP contribution < -0.4 is 0 Å². The second-order valence-corrected chi connectivity index (χ2v) is 3.03. The van der Waals surface area contributed by atoms with E-state index in [1.54, 1.807) is 30.3 Å². The van der Waals surface area contributed by atoms with Crippen molar-refractivity contribution >= 4 is 5.97 Å². The van der Waals surface area contributed by atoms with Crippen molar-refractivity contribution in [2.75, 3.05) is 6.61 Å². The molecule has 1 aromatic rings. The van der Waals surface area contributed by atoms with Crippen molar-refractivity contribution in [3.8, 4) is 0 Å². The molecule has 0 aliphatic rings. The zero-order valence-electron chi connectivity index (χ0n) is 7.96. The highest BCUT2D eigenvalue weighted by Gasteiger charge is 2.18. The minimum atomic E-state index is -2.79. The molecule has 0 aliphatic heterocycles. The maximum Gasteiger partial charge on any atom is 0.338 e. The van der Waals surface area contributed by atoms with Crippen molar-refractivity contribution in [2.24, 2.45) is 0 Å². The summed E-state index contributed by atoms with van der Waals surface area (Å²) in [5.41, 5.74) is 0.372. The molecule has 0 bridgehead atoms. The van der Waals surface area contributed by atoms with Crippen LogP contribution in [0.3, 0.4) is 0 Å².